The van der Waals surface area contributed by atoms with Gasteiger partial charge in [-0.25, -0.2) is 0 Å². The zero-order chi connectivity index (χ0) is 12.7. The average molecular weight is 236 g/mol. The largest absolute Gasteiger partial charge is 0.387 e. The van der Waals surface area contributed by atoms with Gasteiger partial charge in [0.1, 0.15) is 0 Å². The molecule has 3 heteroatoms. The summed E-state index contributed by atoms with van der Waals surface area (Å²) < 4.78 is 0. The van der Waals surface area contributed by atoms with Crippen LogP contribution in [-0.2, 0) is 0 Å². The van der Waals surface area contributed by atoms with Gasteiger partial charge in [0.2, 0.25) is 0 Å². The molecule has 0 aromatic rings. The Kier molecular flexibility index (Phi) is 3.22. The molecule has 1 aliphatic carbocycles. The van der Waals surface area contributed by atoms with E-state index in [1.54, 1.807) is 0 Å². The van der Waals surface area contributed by atoms with Crippen LogP contribution < -0.4 is 0 Å². The maximum absolute atomic E-state index is 11.0. The molecule has 17 heavy (non-hydrogen) atoms. The standard InChI is InChI=1S/C14H24N2O/c1-11-5-4-6-13(7-11,9-15)14(17)8-12(2)16(3)10-14/h11-12,17H,4-8,10H2,1-3H3. The second-order valence-electron chi connectivity index (χ2n) is 6.40. The van der Waals surface area contributed by atoms with E-state index in [1.165, 1.54) is 6.42 Å². The van der Waals surface area contributed by atoms with Crippen LogP contribution in [0.25, 0.3) is 0 Å². The molecule has 2 rings (SSSR count). The van der Waals surface area contributed by atoms with Gasteiger partial charge >= 0.3 is 0 Å². The second kappa shape index (κ2) is 4.26. The van der Waals surface area contributed by atoms with Gasteiger partial charge in [-0.3, -0.25) is 0 Å². The van der Waals surface area contributed by atoms with E-state index in [0.29, 0.717) is 18.5 Å². The summed E-state index contributed by atoms with van der Waals surface area (Å²) in [4.78, 5) is 2.18. The molecule has 2 fully saturated rings. The summed E-state index contributed by atoms with van der Waals surface area (Å²) in [5.41, 5.74) is -1.31. The Bertz CT molecular complexity index is 326. The highest BCUT2D eigenvalue weighted by atomic mass is 16.3. The predicted octanol–water partition coefficient (Wildman–Crippen LogP) is 2.16. The fraction of sp³-hybridized carbons (Fsp3) is 0.929. The monoisotopic (exact) mass is 236 g/mol. The van der Waals surface area contributed by atoms with Crippen LogP contribution in [0.2, 0.25) is 0 Å². The van der Waals surface area contributed by atoms with E-state index in [-0.39, 0.29) is 0 Å². The minimum Gasteiger partial charge on any atom is -0.387 e. The molecular formula is C14H24N2O. The van der Waals surface area contributed by atoms with E-state index in [1.807, 2.05) is 7.05 Å². The molecule has 0 aromatic carbocycles. The van der Waals surface area contributed by atoms with Crippen LogP contribution in [0.15, 0.2) is 0 Å². The average Bonchev–Trinajstić information content (AvgIpc) is 2.54. The Morgan fingerprint density at radius 2 is 2.06 bits per heavy atom. The van der Waals surface area contributed by atoms with E-state index in [0.717, 1.165) is 25.7 Å². The van der Waals surface area contributed by atoms with Crippen LogP contribution in [-0.4, -0.2) is 35.2 Å². The molecule has 96 valence electrons. The lowest BCUT2D eigenvalue weighted by molar-refractivity contribution is -0.0705. The first-order valence-electron chi connectivity index (χ1n) is 6.76. The molecule has 4 atom stereocenters. The first kappa shape index (κ1) is 12.9. The van der Waals surface area contributed by atoms with Crippen LogP contribution >= 0.6 is 0 Å². The molecule has 0 aromatic heterocycles. The number of nitrogens with zero attached hydrogens (tertiary/aromatic N) is 2. The Labute approximate surface area is 104 Å². The summed E-state index contributed by atoms with van der Waals surface area (Å²) in [6, 6.07) is 2.87. The SMILES string of the molecule is CC1CCCC(C#N)(C2(O)CC(C)N(C)C2)C1. The van der Waals surface area contributed by atoms with Gasteiger partial charge in [0.15, 0.2) is 0 Å². The smallest absolute Gasteiger partial charge is 0.0974 e. The number of aliphatic hydroxyl groups is 1. The van der Waals surface area contributed by atoms with Crippen molar-refractivity contribution in [3.05, 3.63) is 0 Å². The highest BCUT2D eigenvalue weighted by molar-refractivity contribution is 5.17. The first-order valence-corrected chi connectivity index (χ1v) is 6.76. The zero-order valence-corrected chi connectivity index (χ0v) is 11.2. The summed E-state index contributed by atoms with van der Waals surface area (Å²) >= 11 is 0. The Balaban J connectivity index is 2.26. The summed E-state index contributed by atoms with van der Waals surface area (Å²) in [6.07, 6.45) is 4.75. The summed E-state index contributed by atoms with van der Waals surface area (Å²) in [6.45, 7) is 4.99. The number of hydrogen-bond donors (Lipinski definition) is 1. The van der Waals surface area contributed by atoms with E-state index in [4.69, 9.17) is 0 Å². The Morgan fingerprint density at radius 3 is 2.53 bits per heavy atom. The Hall–Kier alpha value is -0.590. The van der Waals surface area contributed by atoms with Crippen molar-refractivity contribution in [3.8, 4) is 6.07 Å². The van der Waals surface area contributed by atoms with Crippen LogP contribution in [0.3, 0.4) is 0 Å². The minimum absolute atomic E-state index is 0.377. The molecule has 4 unspecified atom stereocenters. The molecule has 1 saturated carbocycles. The lowest BCUT2D eigenvalue weighted by Gasteiger charge is -2.44. The normalized spacial score (nSPS) is 47.9. The van der Waals surface area contributed by atoms with Crippen molar-refractivity contribution in [2.45, 2.75) is 57.6 Å². The van der Waals surface area contributed by atoms with Gasteiger partial charge in [0.05, 0.1) is 17.1 Å². The number of hydrogen-bond acceptors (Lipinski definition) is 3. The summed E-state index contributed by atoms with van der Waals surface area (Å²) in [5, 5.41) is 20.6. The molecule has 0 spiro atoms. The van der Waals surface area contributed by atoms with Crippen molar-refractivity contribution in [1.82, 2.24) is 4.90 Å². The predicted molar refractivity (Wildman–Crippen MR) is 67.3 cm³/mol. The molecule has 0 bridgehead atoms. The van der Waals surface area contributed by atoms with Gasteiger partial charge in [-0.05, 0) is 39.2 Å². The number of rotatable bonds is 1. The van der Waals surface area contributed by atoms with Crippen molar-refractivity contribution in [3.63, 3.8) is 0 Å². The van der Waals surface area contributed by atoms with Crippen molar-refractivity contribution in [2.75, 3.05) is 13.6 Å². The maximum Gasteiger partial charge on any atom is 0.0974 e. The van der Waals surface area contributed by atoms with Crippen molar-refractivity contribution in [1.29, 1.82) is 5.26 Å². The lowest BCUT2D eigenvalue weighted by Crippen LogP contribution is -2.51. The molecule has 0 amide bonds. The molecule has 1 saturated heterocycles. The van der Waals surface area contributed by atoms with Gasteiger partial charge < -0.3 is 10.0 Å². The summed E-state index contributed by atoms with van der Waals surface area (Å²) in [5.74, 6) is 0.564. The van der Waals surface area contributed by atoms with Gasteiger partial charge in [-0.1, -0.05) is 19.8 Å². The molecular weight excluding hydrogens is 212 g/mol. The fourth-order valence-corrected chi connectivity index (χ4v) is 3.80. The van der Waals surface area contributed by atoms with Gasteiger partial charge in [-0.2, -0.15) is 5.26 Å². The molecule has 3 nitrogen and oxygen atoms in total. The quantitative estimate of drug-likeness (QED) is 0.759. The molecule has 1 aliphatic heterocycles. The third-order valence-corrected chi connectivity index (χ3v) is 5.00. The number of likely N-dealkylation sites (N-methyl/N-ethyl adjacent to an activating group) is 1. The lowest BCUT2D eigenvalue weighted by atomic mass is 9.61. The van der Waals surface area contributed by atoms with Crippen molar-refractivity contribution >= 4 is 0 Å². The number of likely N-dealkylation sites (tertiary alicyclic amines) is 1. The number of β-amino-alcohol motifs (C(OH)–C–C–N with tert-alkyl or cyclic N) is 1. The molecule has 2 aliphatic rings. The molecule has 1 N–H and O–H groups in total. The van der Waals surface area contributed by atoms with Crippen LogP contribution in [0, 0.1) is 22.7 Å². The number of nitriles is 1. The van der Waals surface area contributed by atoms with E-state index >= 15 is 0 Å². The van der Waals surface area contributed by atoms with Crippen LogP contribution in [0.5, 0.6) is 0 Å². The van der Waals surface area contributed by atoms with E-state index in [9.17, 15) is 10.4 Å². The maximum atomic E-state index is 11.0. The van der Waals surface area contributed by atoms with Gasteiger partial charge in [0, 0.05) is 12.6 Å². The zero-order valence-electron chi connectivity index (χ0n) is 11.2. The minimum atomic E-state index is -0.801. The Morgan fingerprint density at radius 1 is 1.35 bits per heavy atom. The van der Waals surface area contributed by atoms with Crippen molar-refractivity contribution in [2.24, 2.45) is 11.3 Å². The van der Waals surface area contributed by atoms with Crippen LogP contribution in [0.1, 0.15) is 46.0 Å². The summed E-state index contributed by atoms with van der Waals surface area (Å²) in [7, 11) is 2.04. The molecule has 1 heterocycles. The first-order chi connectivity index (χ1) is 7.92. The van der Waals surface area contributed by atoms with Crippen molar-refractivity contribution < 1.29 is 5.11 Å². The van der Waals surface area contributed by atoms with E-state index < -0.39 is 11.0 Å². The fourth-order valence-electron chi connectivity index (χ4n) is 3.80. The molecule has 0 radical (unpaired) electrons. The van der Waals surface area contributed by atoms with Crippen LogP contribution in [0.4, 0.5) is 0 Å². The highest BCUT2D eigenvalue weighted by Crippen LogP contribution is 2.50. The second-order valence-corrected chi connectivity index (χ2v) is 6.40. The van der Waals surface area contributed by atoms with Gasteiger partial charge in [-0.15, -0.1) is 0 Å². The van der Waals surface area contributed by atoms with E-state index in [2.05, 4.69) is 24.8 Å². The third-order valence-electron chi connectivity index (χ3n) is 5.00. The topological polar surface area (TPSA) is 47.3 Å². The highest BCUT2D eigenvalue weighted by Gasteiger charge is 2.56. The third kappa shape index (κ3) is 1.98. The van der Waals surface area contributed by atoms with Gasteiger partial charge in [0.25, 0.3) is 0 Å².